The zero-order valence-electron chi connectivity index (χ0n) is 10.0. The lowest BCUT2D eigenvalue weighted by Crippen LogP contribution is -2.49. The largest absolute Gasteiger partial charge is 0.453 e. The number of nitrogens with zero attached hydrogens (tertiary/aromatic N) is 2. The molecule has 1 aliphatic heterocycles. The first-order chi connectivity index (χ1) is 8.63. The van der Waals surface area contributed by atoms with Gasteiger partial charge in [-0.2, -0.15) is 0 Å². The van der Waals surface area contributed by atoms with Crippen LogP contribution < -0.4 is 4.90 Å². The van der Waals surface area contributed by atoms with E-state index < -0.39 is 5.82 Å². The number of methoxy groups -OCH3 is 1. The summed E-state index contributed by atoms with van der Waals surface area (Å²) < 4.78 is 18.5. The zero-order valence-corrected chi connectivity index (χ0v) is 10.8. The Morgan fingerprint density at radius 3 is 2.61 bits per heavy atom. The molecule has 2 rings (SSSR count). The molecule has 1 aromatic rings. The third-order valence-corrected chi connectivity index (χ3v) is 3.28. The van der Waals surface area contributed by atoms with Crippen LogP contribution in [0.4, 0.5) is 14.9 Å². The van der Waals surface area contributed by atoms with Crippen molar-refractivity contribution in [3.63, 3.8) is 0 Å². The maximum absolute atomic E-state index is 13.8. The number of hydrogen-bond donors (Lipinski definition) is 0. The maximum Gasteiger partial charge on any atom is 0.409 e. The Bertz CT molecular complexity index is 448. The monoisotopic (exact) mass is 272 g/mol. The summed E-state index contributed by atoms with van der Waals surface area (Å²) in [5, 5.41) is 0.114. The fraction of sp³-hybridized carbons (Fsp3) is 0.417. The summed E-state index contributed by atoms with van der Waals surface area (Å²) in [5.74, 6) is -0.411. The van der Waals surface area contributed by atoms with Crippen molar-refractivity contribution < 1.29 is 13.9 Å². The average molecular weight is 273 g/mol. The maximum atomic E-state index is 13.8. The van der Waals surface area contributed by atoms with Crippen LogP contribution in [-0.4, -0.2) is 44.3 Å². The van der Waals surface area contributed by atoms with Crippen LogP contribution in [0.15, 0.2) is 18.2 Å². The number of ether oxygens (including phenoxy) is 1. The summed E-state index contributed by atoms with van der Waals surface area (Å²) in [6.45, 7) is 2.15. The molecule has 1 saturated heterocycles. The Kier molecular flexibility index (Phi) is 3.91. The molecule has 0 radical (unpaired) electrons. The smallest absolute Gasteiger partial charge is 0.409 e. The molecule has 1 amide bonds. The summed E-state index contributed by atoms with van der Waals surface area (Å²) in [6, 6.07) is 4.92. The fourth-order valence-corrected chi connectivity index (χ4v) is 2.17. The Hall–Kier alpha value is -1.49. The van der Waals surface area contributed by atoms with Crippen molar-refractivity contribution in [3.05, 3.63) is 29.0 Å². The van der Waals surface area contributed by atoms with E-state index in [4.69, 9.17) is 11.6 Å². The molecule has 0 N–H and O–H groups in total. The Morgan fingerprint density at radius 1 is 1.33 bits per heavy atom. The van der Waals surface area contributed by atoms with Crippen LogP contribution in [-0.2, 0) is 4.74 Å². The van der Waals surface area contributed by atoms with Gasteiger partial charge in [-0.05, 0) is 12.1 Å². The van der Waals surface area contributed by atoms with E-state index in [-0.39, 0.29) is 11.1 Å². The summed E-state index contributed by atoms with van der Waals surface area (Å²) in [4.78, 5) is 14.8. The third-order valence-electron chi connectivity index (χ3n) is 2.98. The van der Waals surface area contributed by atoms with E-state index in [0.29, 0.717) is 31.9 Å². The topological polar surface area (TPSA) is 32.8 Å². The van der Waals surface area contributed by atoms with Gasteiger partial charge in [0.15, 0.2) is 5.82 Å². The number of anilines is 1. The van der Waals surface area contributed by atoms with Gasteiger partial charge >= 0.3 is 6.09 Å². The van der Waals surface area contributed by atoms with Crippen molar-refractivity contribution in [2.24, 2.45) is 0 Å². The van der Waals surface area contributed by atoms with Gasteiger partial charge in [-0.15, -0.1) is 0 Å². The molecule has 1 fully saturated rings. The number of piperazine rings is 1. The van der Waals surface area contributed by atoms with Crippen molar-refractivity contribution >= 4 is 23.4 Å². The highest BCUT2D eigenvalue weighted by atomic mass is 35.5. The molecule has 18 heavy (non-hydrogen) atoms. The van der Waals surface area contributed by atoms with E-state index in [1.165, 1.54) is 13.2 Å². The first kappa shape index (κ1) is 13.0. The second kappa shape index (κ2) is 5.44. The molecule has 0 spiro atoms. The summed E-state index contributed by atoms with van der Waals surface area (Å²) in [5.41, 5.74) is 0.479. The number of amides is 1. The van der Waals surface area contributed by atoms with Crippen LogP contribution in [0.3, 0.4) is 0 Å². The number of carbonyl (C=O) groups is 1. The normalized spacial score (nSPS) is 15.7. The highest BCUT2D eigenvalue weighted by Gasteiger charge is 2.23. The van der Waals surface area contributed by atoms with Gasteiger partial charge in [0, 0.05) is 26.2 Å². The van der Waals surface area contributed by atoms with Crippen molar-refractivity contribution in [1.29, 1.82) is 0 Å². The molecular formula is C12H14ClFN2O2. The first-order valence-electron chi connectivity index (χ1n) is 5.65. The Balaban J connectivity index is 2.06. The van der Waals surface area contributed by atoms with Crippen molar-refractivity contribution in [2.75, 3.05) is 38.2 Å². The van der Waals surface area contributed by atoms with Crippen molar-refractivity contribution in [2.45, 2.75) is 0 Å². The lowest BCUT2D eigenvalue weighted by atomic mass is 10.2. The van der Waals surface area contributed by atoms with Crippen LogP contribution in [0.1, 0.15) is 0 Å². The van der Waals surface area contributed by atoms with Gasteiger partial charge in [-0.3, -0.25) is 0 Å². The molecule has 6 heteroatoms. The van der Waals surface area contributed by atoms with Crippen LogP contribution in [0, 0.1) is 5.82 Å². The Morgan fingerprint density at radius 2 is 2.00 bits per heavy atom. The molecule has 0 aromatic heterocycles. The van der Waals surface area contributed by atoms with Gasteiger partial charge < -0.3 is 14.5 Å². The average Bonchev–Trinajstić information content (AvgIpc) is 2.41. The van der Waals surface area contributed by atoms with E-state index in [0.717, 1.165) is 0 Å². The molecule has 0 saturated carbocycles. The van der Waals surface area contributed by atoms with Crippen LogP contribution in [0.25, 0.3) is 0 Å². The van der Waals surface area contributed by atoms with Gasteiger partial charge in [-0.25, -0.2) is 9.18 Å². The van der Waals surface area contributed by atoms with Crippen molar-refractivity contribution in [3.8, 4) is 0 Å². The van der Waals surface area contributed by atoms with E-state index >= 15 is 0 Å². The van der Waals surface area contributed by atoms with Crippen LogP contribution in [0.2, 0.25) is 5.02 Å². The summed E-state index contributed by atoms with van der Waals surface area (Å²) >= 11 is 5.75. The predicted molar refractivity (Wildman–Crippen MR) is 67.6 cm³/mol. The summed E-state index contributed by atoms with van der Waals surface area (Å²) in [7, 11) is 1.35. The van der Waals surface area contributed by atoms with Gasteiger partial charge in [0.25, 0.3) is 0 Å². The minimum Gasteiger partial charge on any atom is -0.453 e. The van der Waals surface area contributed by atoms with Gasteiger partial charge in [-0.1, -0.05) is 17.7 Å². The second-order valence-corrected chi connectivity index (χ2v) is 4.42. The predicted octanol–water partition coefficient (Wildman–Crippen LogP) is 2.37. The van der Waals surface area contributed by atoms with E-state index in [2.05, 4.69) is 4.74 Å². The van der Waals surface area contributed by atoms with Crippen molar-refractivity contribution in [1.82, 2.24) is 4.90 Å². The zero-order chi connectivity index (χ0) is 13.1. The highest BCUT2D eigenvalue weighted by molar-refractivity contribution is 6.31. The first-order valence-corrected chi connectivity index (χ1v) is 6.03. The number of halogens is 2. The molecule has 1 heterocycles. The van der Waals surface area contributed by atoms with Gasteiger partial charge in [0.05, 0.1) is 17.8 Å². The lowest BCUT2D eigenvalue weighted by molar-refractivity contribution is 0.121. The fourth-order valence-electron chi connectivity index (χ4n) is 2.00. The molecule has 0 atom stereocenters. The SMILES string of the molecule is COC(=O)N1CCN(c2cccc(Cl)c2F)CC1. The van der Waals surface area contributed by atoms with E-state index in [1.54, 1.807) is 17.0 Å². The quantitative estimate of drug-likeness (QED) is 0.787. The number of carbonyl (C=O) groups excluding carboxylic acids is 1. The number of hydrogen-bond acceptors (Lipinski definition) is 3. The molecule has 0 bridgehead atoms. The minimum atomic E-state index is -0.411. The molecule has 0 unspecified atom stereocenters. The molecule has 98 valence electrons. The lowest BCUT2D eigenvalue weighted by Gasteiger charge is -2.35. The number of benzene rings is 1. The molecular weight excluding hydrogens is 259 g/mol. The minimum absolute atomic E-state index is 0.114. The van der Waals surface area contributed by atoms with Gasteiger partial charge in [0.1, 0.15) is 0 Å². The Labute approximate surface area is 110 Å². The third kappa shape index (κ3) is 2.51. The molecule has 1 aromatic carbocycles. The summed E-state index contributed by atoms with van der Waals surface area (Å²) in [6.07, 6.45) is -0.346. The molecule has 1 aliphatic rings. The second-order valence-electron chi connectivity index (χ2n) is 4.02. The van der Waals surface area contributed by atoms with Gasteiger partial charge in [0.2, 0.25) is 0 Å². The van der Waals surface area contributed by atoms with Crippen LogP contribution in [0.5, 0.6) is 0 Å². The van der Waals surface area contributed by atoms with E-state index in [1.807, 2.05) is 4.90 Å². The highest BCUT2D eigenvalue weighted by Crippen LogP contribution is 2.26. The molecule has 4 nitrogen and oxygen atoms in total. The number of rotatable bonds is 1. The van der Waals surface area contributed by atoms with Crippen LogP contribution >= 0.6 is 11.6 Å². The molecule has 0 aliphatic carbocycles. The standard InChI is InChI=1S/C12H14ClFN2O2/c1-18-12(17)16-7-5-15(6-8-16)10-4-2-3-9(13)11(10)14/h2-4H,5-8H2,1H3. The van der Waals surface area contributed by atoms with E-state index in [9.17, 15) is 9.18 Å².